The largest absolute Gasteiger partial charge is 0.397 e. The first kappa shape index (κ1) is 6.38. The molecule has 0 aliphatic heterocycles. The minimum atomic E-state index is 0.630. The molecule has 1 rings (SSSR count). The average Bonchev–Trinajstić information content (AvgIpc) is 1.89. The fraction of sp³-hybridized carbons (Fsp3) is 0. The van der Waals surface area contributed by atoms with Crippen LogP contribution in [0.4, 0.5) is 5.69 Å². The Bertz CT molecular complexity index is 201. The summed E-state index contributed by atoms with van der Waals surface area (Å²) in [5.74, 6) is 0. The van der Waals surface area contributed by atoms with Gasteiger partial charge in [-0.05, 0) is 18.0 Å². The van der Waals surface area contributed by atoms with Gasteiger partial charge in [0.2, 0.25) is 0 Å². The number of nitrogens with two attached hydrogens (primary N) is 2. The number of hydrogen-bond acceptors (Lipinski definition) is 4. The second-order valence-corrected chi connectivity index (χ2v) is 2.21. The summed E-state index contributed by atoms with van der Waals surface area (Å²) < 4.78 is 0. The van der Waals surface area contributed by atoms with Crippen molar-refractivity contribution in [3.05, 3.63) is 18.5 Å². The molecule has 0 fully saturated rings. The average molecular weight is 141 g/mol. The first-order valence-electron chi connectivity index (χ1n) is 2.41. The first-order chi connectivity index (χ1) is 4.34. The predicted molar refractivity (Wildman–Crippen MR) is 38.7 cm³/mol. The van der Waals surface area contributed by atoms with Gasteiger partial charge in [0.15, 0.2) is 0 Å². The zero-order chi connectivity index (χ0) is 6.69. The Kier molecular flexibility index (Phi) is 1.92. The molecule has 1 aromatic rings. The van der Waals surface area contributed by atoms with E-state index in [9.17, 15) is 0 Å². The lowest BCUT2D eigenvalue weighted by atomic mass is 10.4. The minimum absolute atomic E-state index is 0.630. The normalized spacial score (nSPS) is 9.44. The summed E-state index contributed by atoms with van der Waals surface area (Å²) in [6.45, 7) is 0. The molecule has 9 heavy (non-hydrogen) atoms. The lowest BCUT2D eigenvalue weighted by molar-refractivity contribution is 1.27. The summed E-state index contributed by atoms with van der Waals surface area (Å²) >= 11 is 1.13. The third-order valence-electron chi connectivity index (χ3n) is 0.937. The maximum atomic E-state index is 5.47. The van der Waals surface area contributed by atoms with Crippen LogP contribution in [-0.2, 0) is 0 Å². The number of pyridine rings is 1. The van der Waals surface area contributed by atoms with E-state index in [0.717, 1.165) is 16.8 Å². The van der Waals surface area contributed by atoms with E-state index in [-0.39, 0.29) is 0 Å². The number of nitrogen functional groups attached to an aromatic ring is 1. The Morgan fingerprint density at radius 2 is 2.33 bits per heavy atom. The molecule has 0 aliphatic carbocycles. The van der Waals surface area contributed by atoms with Gasteiger partial charge in [-0.3, -0.25) is 10.1 Å². The molecule has 0 aliphatic rings. The van der Waals surface area contributed by atoms with Gasteiger partial charge in [-0.1, -0.05) is 0 Å². The molecule has 0 spiro atoms. The summed E-state index contributed by atoms with van der Waals surface area (Å²) in [6.07, 6.45) is 3.24. The Morgan fingerprint density at radius 1 is 1.56 bits per heavy atom. The maximum absolute atomic E-state index is 5.47. The van der Waals surface area contributed by atoms with Crippen LogP contribution < -0.4 is 10.9 Å². The molecule has 0 aromatic carbocycles. The Labute approximate surface area is 57.6 Å². The van der Waals surface area contributed by atoms with E-state index in [2.05, 4.69) is 4.98 Å². The van der Waals surface area contributed by atoms with E-state index in [1.807, 2.05) is 0 Å². The summed E-state index contributed by atoms with van der Waals surface area (Å²) in [5.41, 5.74) is 6.10. The SMILES string of the molecule is NSc1ccncc1N. The molecule has 3 nitrogen and oxygen atoms in total. The molecule has 4 heteroatoms. The number of aromatic nitrogens is 1. The van der Waals surface area contributed by atoms with Gasteiger partial charge >= 0.3 is 0 Å². The van der Waals surface area contributed by atoms with Gasteiger partial charge in [0.25, 0.3) is 0 Å². The molecule has 0 saturated heterocycles. The molecule has 0 bridgehead atoms. The van der Waals surface area contributed by atoms with Crippen LogP contribution >= 0.6 is 11.9 Å². The van der Waals surface area contributed by atoms with Crippen LogP contribution in [0.25, 0.3) is 0 Å². The molecule has 48 valence electrons. The molecule has 0 saturated carbocycles. The highest BCUT2D eigenvalue weighted by Crippen LogP contribution is 2.17. The number of nitrogens with zero attached hydrogens (tertiary/aromatic N) is 1. The Hall–Kier alpha value is -0.740. The van der Waals surface area contributed by atoms with Gasteiger partial charge in [-0.15, -0.1) is 0 Å². The van der Waals surface area contributed by atoms with Crippen molar-refractivity contribution in [2.45, 2.75) is 4.90 Å². The number of anilines is 1. The highest BCUT2D eigenvalue weighted by atomic mass is 32.2. The fourth-order valence-corrected chi connectivity index (χ4v) is 0.829. The van der Waals surface area contributed by atoms with Crippen molar-refractivity contribution < 1.29 is 0 Å². The van der Waals surface area contributed by atoms with E-state index < -0.39 is 0 Å². The summed E-state index contributed by atoms with van der Waals surface area (Å²) in [6, 6.07) is 1.78. The quantitative estimate of drug-likeness (QED) is 0.563. The third-order valence-corrected chi connectivity index (χ3v) is 1.56. The lowest BCUT2D eigenvalue weighted by Gasteiger charge is -1.96. The second-order valence-electron chi connectivity index (χ2n) is 1.53. The molecule has 0 amide bonds. The molecule has 1 heterocycles. The van der Waals surface area contributed by atoms with Crippen LogP contribution in [0.15, 0.2) is 23.4 Å². The lowest BCUT2D eigenvalue weighted by Crippen LogP contribution is -1.90. The van der Waals surface area contributed by atoms with Crippen LogP contribution in [0.1, 0.15) is 0 Å². The predicted octanol–water partition coefficient (Wildman–Crippen LogP) is 0.630. The monoisotopic (exact) mass is 141 g/mol. The number of hydrogen-bond donors (Lipinski definition) is 2. The van der Waals surface area contributed by atoms with E-state index in [1.54, 1.807) is 18.5 Å². The van der Waals surface area contributed by atoms with Crippen LogP contribution in [0.5, 0.6) is 0 Å². The zero-order valence-electron chi connectivity index (χ0n) is 4.74. The summed E-state index contributed by atoms with van der Waals surface area (Å²) in [4.78, 5) is 4.66. The molecular formula is C5H7N3S. The van der Waals surface area contributed by atoms with Crippen molar-refractivity contribution >= 4 is 17.6 Å². The topological polar surface area (TPSA) is 64.9 Å². The highest BCUT2D eigenvalue weighted by Gasteiger charge is 1.92. The van der Waals surface area contributed by atoms with Crippen LogP contribution in [0.2, 0.25) is 0 Å². The molecule has 0 unspecified atom stereocenters. The van der Waals surface area contributed by atoms with Crippen LogP contribution in [0.3, 0.4) is 0 Å². The van der Waals surface area contributed by atoms with Gasteiger partial charge < -0.3 is 5.73 Å². The zero-order valence-corrected chi connectivity index (χ0v) is 5.56. The third kappa shape index (κ3) is 1.34. The van der Waals surface area contributed by atoms with Crippen molar-refractivity contribution in [1.29, 1.82) is 0 Å². The Morgan fingerprint density at radius 3 is 2.78 bits per heavy atom. The van der Waals surface area contributed by atoms with E-state index >= 15 is 0 Å². The van der Waals surface area contributed by atoms with Crippen molar-refractivity contribution in [3.63, 3.8) is 0 Å². The summed E-state index contributed by atoms with van der Waals surface area (Å²) in [5, 5.41) is 5.26. The smallest absolute Gasteiger partial charge is 0.0651 e. The van der Waals surface area contributed by atoms with Crippen LogP contribution in [0, 0.1) is 0 Å². The van der Waals surface area contributed by atoms with Gasteiger partial charge in [0.05, 0.1) is 11.9 Å². The Balaban J connectivity index is 3.01. The van der Waals surface area contributed by atoms with Gasteiger partial charge in [-0.25, -0.2) is 0 Å². The fourth-order valence-electron chi connectivity index (χ4n) is 0.501. The standard InChI is InChI=1S/C5H7N3S/c6-4-3-8-2-1-5(4)9-7/h1-3H,6-7H2. The molecule has 0 atom stereocenters. The minimum Gasteiger partial charge on any atom is -0.397 e. The van der Waals surface area contributed by atoms with Crippen molar-refractivity contribution in [1.82, 2.24) is 4.98 Å². The number of rotatable bonds is 1. The van der Waals surface area contributed by atoms with Crippen molar-refractivity contribution in [2.24, 2.45) is 5.14 Å². The van der Waals surface area contributed by atoms with Gasteiger partial charge in [0, 0.05) is 11.1 Å². The first-order valence-corrected chi connectivity index (χ1v) is 3.29. The van der Waals surface area contributed by atoms with Crippen LogP contribution in [-0.4, -0.2) is 4.98 Å². The van der Waals surface area contributed by atoms with E-state index in [4.69, 9.17) is 10.9 Å². The highest BCUT2D eigenvalue weighted by molar-refractivity contribution is 7.97. The summed E-state index contributed by atoms with van der Waals surface area (Å²) in [7, 11) is 0. The second kappa shape index (κ2) is 2.70. The molecule has 0 radical (unpaired) electrons. The van der Waals surface area contributed by atoms with Gasteiger partial charge in [-0.2, -0.15) is 0 Å². The molecule has 4 N–H and O–H groups in total. The van der Waals surface area contributed by atoms with Crippen molar-refractivity contribution in [3.8, 4) is 0 Å². The van der Waals surface area contributed by atoms with E-state index in [0.29, 0.717) is 5.69 Å². The maximum Gasteiger partial charge on any atom is 0.0651 e. The van der Waals surface area contributed by atoms with Gasteiger partial charge in [0.1, 0.15) is 0 Å². The molecular weight excluding hydrogens is 134 g/mol. The van der Waals surface area contributed by atoms with E-state index in [1.165, 1.54) is 0 Å². The van der Waals surface area contributed by atoms with Crippen molar-refractivity contribution in [2.75, 3.05) is 5.73 Å². The molecule has 1 aromatic heterocycles.